The van der Waals surface area contributed by atoms with Crippen molar-refractivity contribution >= 4 is 23.9 Å². The molecule has 2 fully saturated rings. The van der Waals surface area contributed by atoms with Crippen molar-refractivity contribution < 1.29 is 5.11 Å². The summed E-state index contributed by atoms with van der Waals surface area (Å²) in [6.45, 7) is 3.65. The van der Waals surface area contributed by atoms with Crippen molar-refractivity contribution in [2.24, 2.45) is 15.9 Å². The molecule has 0 saturated heterocycles. The average molecular weight is 526 g/mol. The fourth-order valence-corrected chi connectivity index (χ4v) is 7.71. The maximum absolute atomic E-state index is 9.76. The van der Waals surface area contributed by atoms with Crippen molar-refractivity contribution in [1.82, 2.24) is 4.90 Å². The van der Waals surface area contributed by atoms with Crippen LogP contribution in [0.5, 0.6) is 0 Å². The molecule has 3 unspecified atom stereocenters. The standard InChI is InChI=1S/C35H47N3O/c1-2-26-17-18-36-34-21-30(27-11-7-6-9-25(23-39)10-8-12-27)19-32(35(26)34)28-15-16-29-22-38(24-37-33(29)20-28)31-13-4-3-5-14-31/h15-16,18-21,24-27,31,39H,2-14,17,22-23H2,1H3. The molecule has 4 heteroatoms. The third-order valence-electron chi connectivity index (χ3n) is 10.1. The molecule has 6 rings (SSSR count). The van der Waals surface area contributed by atoms with E-state index in [-0.39, 0.29) is 0 Å². The van der Waals surface area contributed by atoms with E-state index in [4.69, 9.17) is 9.98 Å². The highest BCUT2D eigenvalue weighted by molar-refractivity contribution is 5.82. The van der Waals surface area contributed by atoms with Crippen LogP contribution in [0.3, 0.4) is 0 Å². The van der Waals surface area contributed by atoms with E-state index in [1.807, 2.05) is 0 Å². The maximum Gasteiger partial charge on any atom is 0.0917 e. The van der Waals surface area contributed by atoms with Crippen LogP contribution in [0.15, 0.2) is 40.3 Å². The van der Waals surface area contributed by atoms with Crippen molar-refractivity contribution in [1.29, 1.82) is 0 Å². The minimum atomic E-state index is 0.347. The molecule has 0 amide bonds. The Morgan fingerprint density at radius 1 is 0.846 bits per heavy atom. The number of aliphatic hydroxyl groups is 1. The van der Waals surface area contributed by atoms with E-state index in [0.717, 1.165) is 31.5 Å². The number of rotatable bonds is 5. The molecule has 2 aromatic carbocycles. The number of aliphatic hydroxyl groups excluding tert-OH is 1. The molecule has 4 nitrogen and oxygen atoms in total. The minimum Gasteiger partial charge on any atom is -0.396 e. The van der Waals surface area contributed by atoms with Crippen LogP contribution in [0.1, 0.15) is 125 Å². The molecular weight excluding hydrogens is 478 g/mol. The van der Waals surface area contributed by atoms with Gasteiger partial charge in [0.1, 0.15) is 0 Å². The first-order chi connectivity index (χ1) is 19.2. The van der Waals surface area contributed by atoms with Crippen molar-refractivity contribution in [3.63, 3.8) is 0 Å². The van der Waals surface area contributed by atoms with Crippen molar-refractivity contribution in [3.05, 3.63) is 47.0 Å². The molecule has 0 radical (unpaired) electrons. The predicted molar refractivity (Wildman–Crippen MR) is 164 cm³/mol. The van der Waals surface area contributed by atoms with E-state index in [0.29, 0.717) is 30.4 Å². The molecule has 0 aromatic heterocycles. The van der Waals surface area contributed by atoms with Gasteiger partial charge in [0, 0.05) is 25.4 Å². The Bertz CT molecular complexity index is 1190. The summed E-state index contributed by atoms with van der Waals surface area (Å²) in [6.07, 6.45) is 21.6. The fourth-order valence-electron chi connectivity index (χ4n) is 7.71. The van der Waals surface area contributed by atoms with Gasteiger partial charge in [0.15, 0.2) is 0 Å². The smallest absolute Gasteiger partial charge is 0.0917 e. The Kier molecular flexibility index (Phi) is 8.49. The maximum atomic E-state index is 9.76. The third-order valence-corrected chi connectivity index (χ3v) is 10.1. The second kappa shape index (κ2) is 12.4. The van der Waals surface area contributed by atoms with Crippen LogP contribution < -0.4 is 0 Å². The lowest BCUT2D eigenvalue weighted by Crippen LogP contribution is -2.36. The Labute approximate surface area is 235 Å². The molecule has 2 heterocycles. The summed E-state index contributed by atoms with van der Waals surface area (Å²) in [5.74, 6) is 1.58. The Morgan fingerprint density at radius 2 is 1.64 bits per heavy atom. The van der Waals surface area contributed by atoms with Gasteiger partial charge in [0.05, 0.1) is 17.7 Å². The average Bonchev–Trinajstić information content (AvgIpc) is 3.12. The number of nitrogens with zero attached hydrogens (tertiary/aromatic N) is 3. The number of hydrogen-bond acceptors (Lipinski definition) is 4. The van der Waals surface area contributed by atoms with Crippen LogP contribution in [0.2, 0.25) is 0 Å². The number of hydrogen-bond donors (Lipinski definition) is 1. The van der Waals surface area contributed by atoms with E-state index in [2.05, 4.69) is 54.7 Å². The normalized spacial score (nSPS) is 25.9. The Balaban J connectivity index is 1.33. The predicted octanol–water partition coefficient (Wildman–Crippen LogP) is 9.20. The quantitative estimate of drug-likeness (QED) is 0.423. The molecule has 2 aliphatic heterocycles. The Morgan fingerprint density at radius 3 is 2.49 bits per heavy atom. The molecule has 0 spiro atoms. The topological polar surface area (TPSA) is 48.2 Å². The first-order valence-electron chi connectivity index (χ1n) is 16.0. The second-order valence-corrected chi connectivity index (χ2v) is 12.7. The first-order valence-corrected chi connectivity index (χ1v) is 16.0. The molecule has 39 heavy (non-hydrogen) atoms. The number of aliphatic imine (C=N–C) groups is 2. The lowest BCUT2D eigenvalue weighted by Gasteiger charge is -2.35. The summed E-state index contributed by atoms with van der Waals surface area (Å²) in [5.41, 5.74) is 9.28. The summed E-state index contributed by atoms with van der Waals surface area (Å²) in [7, 11) is 0. The van der Waals surface area contributed by atoms with Gasteiger partial charge < -0.3 is 10.0 Å². The van der Waals surface area contributed by atoms with Gasteiger partial charge in [-0.05, 0) is 109 Å². The summed E-state index contributed by atoms with van der Waals surface area (Å²) < 4.78 is 0. The van der Waals surface area contributed by atoms with Crippen molar-refractivity contribution in [2.75, 3.05) is 6.61 Å². The van der Waals surface area contributed by atoms with Crippen LogP contribution in [0.25, 0.3) is 11.1 Å². The number of benzene rings is 2. The zero-order chi connectivity index (χ0) is 26.6. The lowest BCUT2D eigenvalue weighted by atomic mass is 9.80. The highest BCUT2D eigenvalue weighted by Crippen LogP contribution is 2.46. The van der Waals surface area contributed by atoms with Gasteiger partial charge in [-0.15, -0.1) is 0 Å². The van der Waals surface area contributed by atoms with Crippen LogP contribution >= 0.6 is 0 Å². The van der Waals surface area contributed by atoms with Crippen LogP contribution in [0, 0.1) is 5.92 Å². The van der Waals surface area contributed by atoms with Gasteiger partial charge in [-0.25, -0.2) is 4.99 Å². The van der Waals surface area contributed by atoms with Crippen LogP contribution in [-0.4, -0.2) is 35.2 Å². The molecule has 1 N–H and O–H groups in total. The molecule has 208 valence electrons. The monoisotopic (exact) mass is 525 g/mol. The van der Waals surface area contributed by atoms with Gasteiger partial charge in [-0.1, -0.05) is 63.6 Å². The van der Waals surface area contributed by atoms with E-state index in [1.165, 1.54) is 104 Å². The highest BCUT2D eigenvalue weighted by atomic mass is 16.3. The summed E-state index contributed by atoms with van der Waals surface area (Å²) in [4.78, 5) is 12.5. The SMILES string of the molecule is CCC1CC=Nc2cc(C3CCCCC(CO)CCC3)cc(-c3ccc4c(c3)N=CN(C3CCCCC3)C4)c21. The zero-order valence-electron chi connectivity index (χ0n) is 24.0. The first kappa shape index (κ1) is 26.7. The largest absolute Gasteiger partial charge is 0.396 e. The van der Waals surface area contributed by atoms with Crippen LogP contribution in [0.4, 0.5) is 11.4 Å². The third kappa shape index (κ3) is 5.87. The van der Waals surface area contributed by atoms with Crippen molar-refractivity contribution in [2.45, 2.75) is 121 Å². The van der Waals surface area contributed by atoms with Crippen molar-refractivity contribution in [3.8, 4) is 11.1 Å². The molecule has 2 aliphatic carbocycles. The molecule has 2 aromatic rings. The molecule has 3 atom stereocenters. The second-order valence-electron chi connectivity index (χ2n) is 12.7. The van der Waals surface area contributed by atoms with Gasteiger partial charge in [-0.3, -0.25) is 4.99 Å². The van der Waals surface area contributed by atoms with Gasteiger partial charge in [0.25, 0.3) is 0 Å². The lowest BCUT2D eigenvalue weighted by molar-refractivity contribution is 0.207. The van der Waals surface area contributed by atoms with Gasteiger partial charge in [0.2, 0.25) is 0 Å². The molecular formula is C35H47N3O. The zero-order valence-corrected chi connectivity index (χ0v) is 24.0. The summed E-state index contributed by atoms with van der Waals surface area (Å²) >= 11 is 0. The minimum absolute atomic E-state index is 0.347. The molecule has 4 aliphatic rings. The Hall–Kier alpha value is -2.46. The van der Waals surface area contributed by atoms with Crippen LogP contribution in [-0.2, 0) is 6.54 Å². The fraction of sp³-hybridized carbons (Fsp3) is 0.600. The van der Waals surface area contributed by atoms with E-state index in [9.17, 15) is 5.11 Å². The van der Waals surface area contributed by atoms with Gasteiger partial charge >= 0.3 is 0 Å². The van der Waals surface area contributed by atoms with Gasteiger partial charge in [-0.2, -0.15) is 0 Å². The summed E-state index contributed by atoms with van der Waals surface area (Å²) in [5, 5.41) is 9.76. The van der Waals surface area contributed by atoms with E-state index >= 15 is 0 Å². The highest BCUT2D eigenvalue weighted by Gasteiger charge is 2.27. The summed E-state index contributed by atoms with van der Waals surface area (Å²) in [6, 6.07) is 12.7. The van der Waals surface area contributed by atoms with E-state index in [1.54, 1.807) is 0 Å². The molecule has 0 bridgehead atoms. The molecule has 2 saturated carbocycles. The number of fused-ring (bicyclic) bond motifs is 2. The van der Waals surface area contributed by atoms with E-state index < -0.39 is 0 Å².